The van der Waals surface area contributed by atoms with Crippen molar-refractivity contribution in [1.82, 2.24) is 0 Å². The summed E-state index contributed by atoms with van der Waals surface area (Å²) in [5.41, 5.74) is 1.30. The van der Waals surface area contributed by atoms with Gasteiger partial charge in [-0.05, 0) is 37.8 Å². The highest BCUT2D eigenvalue weighted by molar-refractivity contribution is 5.26. The molecule has 1 rings (SSSR count). The highest BCUT2D eigenvalue weighted by atomic mass is 16.5. The molecular formula is C11H18O. The van der Waals surface area contributed by atoms with E-state index in [0.29, 0.717) is 0 Å². The second-order valence-corrected chi connectivity index (χ2v) is 3.23. The van der Waals surface area contributed by atoms with Crippen molar-refractivity contribution in [3.05, 3.63) is 23.5 Å². The normalized spacial score (nSPS) is 16.8. The molecule has 1 aliphatic rings. The molecule has 0 N–H and O–H groups in total. The highest BCUT2D eigenvalue weighted by Crippen LogP contribution is 2.19. The first kappa shape index (κ1) is 9.37. The molecule has 0 aromatic rings. The molecule has 68 valence electrons. The van der Waals surface area contributed by atoms with Crippen molar-refractivity contribution in [3.8, 4) is 0 Å². The molecule has 0 aromatic carbocycles. The zero-order chi connectivity index (χ0) is 8.81. The molecular weight excluding hydrogens is 148 g/mol. The third-order valence-electron chi connectivity index (χ3n) is 2.09. The van der Waals surface area contributed by atoms with E-state index in [1.807, 2.05) is 0 Å². The molecule has 0 heterocycles. The molecule has 0 spiro atoms. The Kier molecular flexibility index (Phi) is 3.92. The van der Waals surface area contributed by atoms with Crippen LogP contribution in [0.3, 0.4) is 0 Å². The number of allylic oxidation sites excluding steroid dienone is 3. The van der Waals surface area contributed by atoms with Gasteiger partial charge in [-0.25, -0.2) is 0 Å². The van der Waals surface area contributed by atoms with Gasteiger partial charge in [0.05, 0.1) is 6.61 Å². The second kappa shape index (κ2) is 5.02. The van der Waals surface area contributed by atoms with E-state index in [2.05, 4.69) is 26.0 Å². The Balaban J connectivity index is 2.31. The Morgan fingerprint density at radius 3 is 2.75 bits per heavy atom. The fourth-order valence-corrected chi connectivity index (χ4v) is 1.28. The van der Waals surface area contributed by atoms with E-state index < -0.39 is 0 Å². The summed E-state index contributed by atoms with van der Waals surface area (Å²) in [4.78, 5) is 0. The van der Waals surface area contributed by atoms with Crippen molar-refractivity contribution < 1.29 is 4.74 Å². The highest BCUT2D eigenvalue weighted by Gasteiger charge is 2.04. The van der Waals surface area contributed by atoms with E-state index in [4.69, 9.17) is 4.74 Å². The van der Waals surface area contributed by atoms with Crippen LogP contribution in [0.2, 0.25) is 0 Å². The van der Waals surface area contributed by atoms with Crippen molar-refractivity contribution in [3.63, 3.8) is 0 Å². The van der Waals surface area contributed by atoms with Crippen molar-refractivity contribution in [2.75, 3.05) is 6.61 Å². The van der Waals surface area contributed by atoms with Crippen molar-refractivity contribution in [2.24, 2.45) is 0 Å². The second-order valence-electron chi connectivity index (χ2n) is 3.23. The van der Waals surface area contributed by atoms with Gasteiger partial charge in [-0.1, -0.05) is 19.4 Å². The summed E-state index contributed by atoms with van der Waals surface area (Å²) in [6.07, 6.45) is 9.12. The third kappa shape index (κ3) is 2.72. The van der Waals surface area contributed by atoms with Gasteiger partial charge >= 0.3 is 0 Å². The molecule has 0 aromatic heterocycles. The van der Waals surface area contributed by atoms with Gasteiger partial charge in [-0.3, -0.25) is 0 Å². The maximum atomic E-state index is 5.63. The van der Waals surface area contributed by atoms with Crippen LogP contribution in [-0.2, 0) is 4.74 Å². The fraction of sp³-hybridized carbons (Fsp3) is 0.636. The fourth-order valence-electron chi connectivity index (χ4n) is 1.28. The molecule has 0 radical (unpaired) electrons. The molecule has 0 saturated carbocycles. The van der Waals surface area contributed by atoms with E-state index in [1.54, 1.807) is 0 Å². The summed E-state index contributed by atoms with van der Waals surface area (Å²) >= 11 is 0. The Bertz CT molecular complexity index is 189. The molecule has 0 atom stereocenters. The van der Waals surface area contributed by atoms with E-state index in [0.717, 1.165) is 25.2 Å². The maximum absolute atomic E-state index is 5.63. The number of rotatable bonds is 4. The minimum atomic E-state index is 0.869. The standard InChI is InChI=1S/C11H18O/c1-3-4-9-12-11-8-6-5-7-10(11)2/h7-8H,3-6,9H2,1-2H3. The van der Waals surface area contributed by atoms with Crippen LogP contribution in [0.1, 0.15) is 39.5 Å². The Morgan fingerprint density at radius 1 is 1.33 bits per heavy atom. The van der Waals surface area contributed by atoms with Gasteiger partial charge in [-0.2, -0.15) is 0 Å². The molecule has 0 aliphatic heterocycles. The lowest BCUT2D eigenvalue weighted by atomic mass is 10.1. The molecule has 0 saturated heterocycles. The minimum absolute atomic E-state index is 0.869. The zero-order valence-electron chi connectivity index (χ0n) is 8.10. The van der Waals surface area contributed by atoms with Gasteiger partial charge in [0.15, 0.2) is 0 Å². The van der Waals surface area contributed by atoms with Gasteiger partial charge in [-0.15, -0.1) is 0 Å². The average Bonchev–Trinajstić information content (AvgIpc) is 2.09. The largest absolute Gasteiger partial charge is 0.494 e. The van der Waals surface area contributed by atoms with Crippen LogP contribution in [0, 0.1) is 0 Å². The molecule has 1 aliphatic carbocycles. The molecule has 1 heteroatoms. The maximum Gasteiger partial charge on any atom is 0.117 e. The predicted molar refractivity (Wildman–Crippen MR) is 51.9 cm³/mol. The number of hydrogen-bond donors (Lipinski definition) is 0. The van der Waals surface area contributed by atoms with E-state index in [9.17, 15) is 0 Å². The first-order valence-corrected chi connectivity index (χ1v) is 4.84. The summed E-state index contributed by atoms with van der Waals surface area (Å²) in [6.45, 7) is 5.17. The SMILES string of the molecule is CCCCOC1=CCCC=C1C. The molecule has 1 nitrogen and oxygen atoms in total. The zero-order valence-corrected chi connectivity index (χ0v) is 8.10. The van der Waals surface area contributed by atoms with Crippen LogP contribution in [0.25, 0.3) is 0 Å². The number of ether oxygens (including phenoxy) is 1. The summed E-state index contributed by atoms with van der Waals surface area (Å²) in [5, 5.41) is 0. The first-order valence-electron chi connectivity index (χ1n) is 4.84. The van der Waals surface area contributed by atoms with Crippen LogP contribution in [0.4, 0.5) is 0 Å². The van der Waals surface area contributed by atoms with E-state index >= 15 is 0 Å². The minimum Gasteiger partial charge on any atom is -0.494 e. The van der Waals surface area contributed by atoms with E-state index in [1.165, 1.54) is 18.4 Å². The summed E-state index contributed by atoms with van der Waals surface area (Å²) in [6, 6.07) is 0. The number of unbranched alkanes of at least 4 members (excludes halogenated alkanes) is 1. The van der Waals surface area contributed by atoms with E-state index in [-0.39, 0.29) is 0 Å². The lowest BCUT2D eigenvalue weighted by molar-refractivity contribution is 0.212. The Labute approximate surface area is 75.1 Å². The van der Waals surface area contributed by atoms with Gasteiger partial charge in [0, 0.05) is 0 Å². The predicted octanol–water partition coefficient (Wildman–Crippen LogP) is 3.43. The Morgan fingerprint density at radius 2 is 2.08 bits per heavy atom. The van der Waals surface area contributed by atoms with Gasteiger partial charge < -0.3 is 4.74 Å². The third-order valence-corrected chi connectivity index (χ3v) is 2.09. The molecule has 12 heavy (non-hydrogen) atoms. The van der Waals surface area contributed by atoms with Gasteiger partial charge in [0.1, 0.15) is 5.76 Å². The van der Waals surface area contributed by atoms with Crippen LogP contribution in [0.5, 0.6) is 0 Å². The van der Waals surface area contributed by atoms with Gasteiger partial charge in [0.2, 0.25) is 0 Å². The molecule has 0 unspecified atom stereocenters. The average molecular weight is 166 g/mol. The lowest BCUT2D eigenvalue weighted by Crippen LogP contribution is -1.99. The van der Waals surface area contributed by atoms with Crippen molar-refractivity contribution in [2.45, 2.75) is 39.5 Å². The van der Waals surface area contributed by atoms with Crippen molar-refractivity contribution in [1.29, 1.82) is 0 Å². The molecule has 0 fully saturated rings. The summed E-state index contributed by atoms with van der Waals surface area (Å²) in [5.74, 6) is 1.11. The van der Waals surface area contributed by atoms with Crippen LogP contribution >= 0.6 is 0 Å². The summed E-state index contributed by atoms with van der Waals surface area (Å²) < 4.78 is 5.63. The quantitative estimate of drug-likeness (QED) is 0.581. The van der Waals surface area contributed by atoms with Crippen LogP contribution < -0.4 is 0 Å². The number of hydrogen-bond acceptors (Lipinski definition) is 1. The van der Waals surface area contributed by atoms with Crippen LogP contribution in [-0.4, -0.2) is 6.61 Å². The lowest BCUT2D eigenvalue weighted by Gasteiger charge is -2.13. The van der Waals surface area contributed by atoms with Crippen LogP contribution in [0.15, 0.2) is 23.5 Å². The molecule has 0 amide bonds. The monoisotopic (exact) mass is 166 g/mol. The van der Waals surface area contributed by atoms with Gasteiger partial charge in [0.25, 0.3) is 0 Å². The smallest absolute Gasteiger partial charge is 0.117 e. The van der Waals surface area contributed by atoms with Crippen molar-refractivity contribution >= 4 is 0 Å². The molecule has 0 bridgehead atoms. The topological polar surface area (TPSA) is 9.23 Å². The Hall–Kier alpha value is -0.720. The summed E-state index contributed by atoms with van der Waals surface area (Å²) in [7, 11) is 0. The first-order chi connectivity index (χ1) is 5.84.